The molecule has 3 rings (SSSR count). The second kappa shape index (κ2) is 7.60. The van der Waals surface area contributed by atoms with Gasteiger partial charge in [-0.25, -0.2) is 9.48 Å². The topological polar surface area (TPSA) is 90.3 Å². The molecule has 0 aliphatic rings. The first kappa shape index (κ1) is 17.3. The summed E-state index contributed by atoms with van der Waals surface area (Å²) in [5, 5.41) is 7.40. The van der Waals surface area contributed by atoms with E-state index in [1.165, 1.54) is 7.05 Å². The minimum atomic E-state index is -0.758. The van der Waals surface area contributed by atoms with Crippen LogP contribution < -0.4 is 10.9 Å². The van der Waals surface area contributed by atoms with Crippen LogP contribution >= 0.6 is 0 Å². The monoisotopic (exact) mass is 351 g/mol. The second-order valence-electron chi connectivity index (χ2n) is 5.66. The highest BCUT2D eigenvalue weighted by Crippen LogP contribution is 2.13. The van der Waals surface area contributed by atoms with E-state index in [2.05, 4.69) is 10.4 Å². The van der Waals surface area contributed by atoms with Crippen molar-refractivity contribution in [2.45, 2.75) is 6.54 Å². The van der Waals surface area contributed by atoms with Crippen molar-refractivity contribution >= 4 is 22.6 Å². The molecule has 0 saturated heterocycles. The highest BCUT2D eigenvalue weighted by molar-refractivity contribution is 6.02. The van der Waals surface area contributed by atoms with Crippen molar-refractivity contribution in [1.29, 1.82) is 0 Å². The Kier molecular flexibility index (Phi) is 5.07. The van der Waals surface area contributed by atoms with Gasteiger partial charge in [0.05, 0.1) is 5.39 Å². The Morgan fingerprint density at radius 1 is 1.04 bits per heavy atom. The summed E-state index contributed by atoms with van der Waals surface area (Å²) in [6.07, 6.45) is 0. The second-order valence-corrected chi connectivity index (χ2v) is 5.66. The van der Waals surface area contributed by atoms with Gasteiger partial charge in [0, 0.05) is 19.0 Å². The van der Waals surface area contributed by atoms with E-state index >= 15 is 0 Å². The van der Waals surface area contributed by atoms with Crippen LogP contribution in [0.25, 0.3) is 10.8 Å². The van der Waals surface area contributed by atoms with Gasteiger partial charge in [-0.1, -0.05) is 48.5 Å². The summed E-state index contributed by atoms with van der Waals surface area (Å²) in [5.41, 5.74) is 0.634. The van der Waals surface area contributed by atoms with E-state index in [4.69, 9.17) is 4.74 Å². The molecule has 7 nitrogen and oxygen atoms in total. The fourth-order valence-electron chi connectivity index (χ4n) is 2.50. The molecule has 2 aromatic carbocycles. The molecule has 0 unspecified atom stereocenters. The SMILES string of the molecule is Cn1nc(C(=O)OCC(=O)NCc2ccccc2)c2ccccc2c1=O. The van der Waals surface area contributed by atoms with E-state index in [-0.39, 0.29) is 11.3 Å². The molecule has 0 fully saturated rings. The van der Waals surface area contributed by atoms with Gasteiger partial charge in [0.25, 0.3) is 11.5 Å². The van der Waals surface area contributed by atoms with Crippen molar-refractivity contribution in [3.8, 4) is 0 Å². The zero-order valence-electron chi connectivity index (χ0n) is 14.1. The lowest BCUT2D eigenvalue weighted by Crippen LogP contribution is -2.29. The lowest BCUT2D eigenvalue weighted by atomic mass is 10.1. The van der Waals surface area contributed by atoms with Crippen molar-refractivity contribution in [1.82, 2.24) is 15.1 Å². The number of fused-ring (bicyclic) bond motifs is 1. The van der Waals surface area contributed by atoms with E-state index in [0.29, 0.717) is 17.3 Å². The quantitative estimate of drug-likeness (QED) is 0.702. The highest BCUT2D eigenvalue weighted by Gasteiger charge is 2.18. The van der Waals surface area contributed by atoms with E-state index in [0.717, 1.165) is 10.2 Å². The van der Waals surface area contributed by atoms with Crippen LogP contribution in [0, 0.1) is 0 Å². The number of nitrogens with zero attached hydrogens (tertiary/aromatic N) is 2. The molecule has 0 radical (unpaired) electrons. The molecule has 0 saturated carbocycles. The number of hydrogen-bond donors (Lipinski definition) is 1. The third kappa shape index (κ3) is 3.77. The van der Waals surface area contributed by atoms with Crippen LogP contribution in [0.4, 0.5) is 0 Å². The zero-order valence-corrected chi connectivity index (χ0v) is 14.1. The normalized spacial score (nSPS) is 10.5. The molecular formula is C19H17N3O4. The number of amides is 1. The number of rotatable bonds is 5. The van der Waals surface area contributed by atoms with Gasteiger partial charge in [0.15, 0.2) is 12.3 Å². The number of nitrogens with one attached hydrogen (secondary N) is 1. The van der Waals surface area contributed by atoms with Crippen LogP contribution in [0.3, 0.4) is 0 Å². The maximum absolute atomic E-state index is 12.3. The Labute approximate surface area is 149 Å². The van der Waals surface area contributed by atoms with Gasteiger partial charge in [0.2, 0.25) is 0 Å². The summed E-state index contributed by atoms with van der Waals surface area (Å²) in [7, 11) is 1.46. The highest BCUT2D eigenvalue weighted by atomic mass is 16.5. The summed E-state index contributed by atoms with van der Waals surface area (Å²) in [5.74, 6) is -1.18. The van der Waals surface area contributed by atoms with Gasteiger partial charge >= 0.3 is 5.97 Å². The average Bonchev–Trinajstić information content (AvgIpc) is 2.68. The number of aryl methyl sites for hydroxylation is 1. The van der Waals surface area contributed by atoms with Gasteiger partial charge < -0.3 is 10.1 Å². The zero-order chi connectivity index (χ0) is 18.5. The number of carbonyl (C=O) groups is 2. The Morgan fingerprint density at radius 3 is 2.42 bits per heavy atom. The molecule has 1 N–H and O–H groups in total. The van der Waals surface area contributed by atoms with Crippen molar-refractivity contribution in [3.63, 3.8) is 0 Å². The maximum Gasteiger partial charge on any atom is 0.359 e. The molecule has 1 amide bonds. The predicted molar refractivity (Wildman–Crippen MR) is 95.6 cm³/mol. The van der Waals surface area contributed by atoms with E-state index in [1.807, 2.05) is 30.3 Å². The number of aromatic nitrogens is 2. The Balaban J connectivity index is 1.67. The first-order chi connectivity index (χ1) is 12.6. The summed E-state index contributed by atoms with van der Waals surface area (Å²) < 4.78 is 6.13. The van der Waals surface area contributed by atoms with Crippen molar-refractivity contribution in [2.24, 2.45) is 7.05 Å². The van der Waals surface area contributed by atoms with Crippen LogP contribution in [0.15, 0.2) is 59.4 Å². The molecule has 0 bridgehead atoms. The Morgan fingerprint density at radius 2 is 1.69 bits per heavy atom. The summed E-state index contributed by atoms with van der Waals surface area (Å²) >= 11 is 0. The maximum atomic E-state index is 12.3. The van der Waals surface area contributed by atoms with Crippen molar-refractivity contribution in [3.05, 3.63) is 76.2 Å². The number of esters is 1. The molecule has 26 heavy (non-hydrogen) atoms. The van der Waals surface area contributed by atoms with Gasteiger partial charge in [-0.15, -0.1) is 0 Å². The summed E-state index contributed by atoms with van der Waals surface area (Å²) in [6.45, 7) is -0.0806. The molecule has 0 atom stereocenters. The van der Waals surface area contributed by atoms with Crippen LogP contribution in [-0.2, 0) is 23.1 Å². The third-order valence-electron chi connectivity index (χ3n) is 3.82. The Bertz CT molecular complexity index is 1010. The van der Waals surface area contributed by atoms with Gasteiger partial charge in [-0.3, -0.25) is 9.59 Å². The first-order valence-electron chi connectivity index (χ1n) is 8.00. The van der Waals surface area contributed by atoms with Gasteiger partial charge in [-0.05, 0) is 11.6 Å². The molecular weight excluding hydrogens is 334 g/mol. The van der Waals surface area contributed by atoms with Crippen LogP contribution in [-0.4, -0.2) is 28.3 Å². The fraction of sp³-hybridized carbons (Fsp3) is 0.158. The molecule has 7 heteroatoms. The lowest BCUT2D eigenvalue weighted by Gasteiger charge is -2.09. The van der Waals surface area contributed by atoms with Crippen LogP contribution in [0.5, 0.6) is 0 Å². The molecule has 3 aromatic rings. The number of hydrogen-bond acceptors (Lipinski definition) is 5. The molecule has 1 aromatic heterocycles. The molecule has 0 aliphatic carbocycles. The largest absolute Gasteiger partial charge is 0.451 e. The smallest absolute Gasteiger partial charge is 0.359 e. The molecule has 1 heterocycles. The molecule has 132 valence electrons. The van der Waals surface area contributed by atoms with E-state index in [9.17, 15) is 14.4 Å². The standard InChI is InChI=1S/C19H17N3O4/c1-22-18(24)15-10-6-5-9-14(15)17(21-22)19(25)26-12-16(23)20-11-13-7-3-2-4-8-13/h2-10H,11-12H2,1H3,(H,20,23). The van der Waals surface area contributed by atoms with Crippen molar-refractivity contribution in [2.75, 3.05) is 6.61 Å². The molecule has 0 aliphatic heterocycles. The predicted octanol–water partition coefficient (Wildman–Crippen LogP) is 1.41. The average molecular weight is 351 g/mol. The van der Waals surface area contributed by atoms with Crippen LogP contribution in [0.1, 0.15) is 16.1 Å². The Hall–Kier alpha value is -3.48. The number of carbonyl (C=O) groups excluding carboxylic acids is 2. The van der Waals surface area contributed by atoms with Crippen molar-refractivity contribution < 1.29 is 14.3 Å². The minimum Gasteiger partial charge on any atom is -0.451 e. The first-order valence-corrected chi connectivity index (χ1v) is 8.00. The van der Waals surface area contributed by atoms with Crippen LogP contribution in [0.2, 0.25) is 0 Å². The number of ether oxygens (including phenoxy) is 1. The minimum absolute atomic E-state index is 0.00133. The lowest BCUT2D eigenvalue weighted by molar-refractivity contribution is -0.124. The van der Waals surface area contributed by atoms with Gasteiger partial charge in [-0.2, -0.15) is 5.10 Å². The number of benzene rings is 2. The molecule has 0 spiro atoms. The fourth-order valence-corrected chi connectivity index (χ4v) is 2.50. The third-order valence-corrected chi connectivity index (χ3v) is 3.82. The van der Waals surface area contributed by atoms with Gasteiger partial charge in [0.1, 0.15) is 0 Å². The summed E-state index contributed by atoms with van der Waals surface area (Å²) in [4.78, 5) is 36.3. The van der Waals surface area contributed by atoms with E-state index < -0.39 is 18.5 Å². The van der Waals surface area contributed by atoms with E-state index in [1.54, 1.807) is 24.3 Å². The summed E-state index contributed by atoms with van der Waals surface area (Å²) in [6, 6.07) is 16.0.